The first kappa shape index (κ1) is 14.8. The molecule has 1 amide bonds. The van der Waals surface area contributed by atoms with Crippen molar-refractivity contribution in [2.75, 3.05) is 23.3 Å². The van der Waals surface area contributed by atoms with Crippen LogP contribution in [0.3, 0.4) is 0 Å². The molecule has 1 aromatic heterocycles. The van der Waals surface area contributed by atoms with E-state index in [9.17, 15) is 4.79 Å². The number of halogens is 1. The third kappa shape index (κ3) is 3.72. The first-order valence-electron chi connectivity index (χ1n) is 6.62. The Morgan fingerprint density at radius 3 is 2.60 bits per heavy atom. The summed E-state index contributed by atoms with van der Waals surface area (Å²) in [6, 6.07) is 0. The van der Waals surface area contributed by atoms with Gasteiger partial charge in [0.25, 0.3) is 0 Å². The number of carbonyl (C=O) groups excluding carboxylic acids is 1. The highest BCUT2D eigenvalue weighted by Crippen LogP contribution is 2.31. The van der Waals surface area contributed by atoms with Gasteiger partial charge in [-0.2, -0.15) is 0 Å². The summed E-state index contributed by atoms with van der Waals surface area (Å²) in [5.74, 6) is 0.647. The van der Waals surface area contributed by atoms with Crippen molar-refractivity contribution in [3.05, 3.63) is 11.5 Å². The maximum Gasteiger partial charge on any atom is 0.412 e. The van der Waals surface area contributed by atoms with Gasteiger partial charge < -0.3 is 9.64 Å². The fourth-order valence-electron chi connectivity index (χ4n) is 2.04. The Morgan fingerprint density at radius 1 is 1.35 bits per heavy atom. The van der Waals surface area contributed by atoms with E-state index in [2.05, 4.69) is 20.2 Å². The first-order chi connectivity index (χ1) is 9.37. The summed E-state index contributed by atoms with van der Waals surface area (Å²) in [5, 5.41) is 2.87. The number of nitrogens with zero attached hydrogens (tertiary/aromatic N) is 3. The van der Waals surface area contributed by atoms with Crippen LogP contribution in [0, 0.1) is 0 Å². The molecule has 0 saturated carbocycles. The number of amides is 1. The largest absolute Gasteiger partial charge is 0.444 e. The summed E-state index contributed by atoms with van der Waals surface area (Å²) in [7, 11) is 0. The minimum Gasteiger partial charge on any atom is -0.444 e. The monoisotopic (exact) mass is 298 g/mol. The van der Waals surface area contributed by atoms with Crippen molar-refractivity contribution in [2.24, 2.45) is 0 Å². The molecule has 20 heavy (non-hydrogen) atoms. The van der Waals surface area contributed by atoms with E-state index in [0.717, 1.165) is 25.9 Å². The van der Waals surface area contributed by atoms with Gasteiger partial charge >= 0.3 is 6.09 Å². The van der Waals surface area contributed by atoms with Crippen LogP contribution in [-0.4, -0.2) is 34.8 Å². The molecule has 0 aromatic carbocycles. The standard InChI is InChI=1S/C13H19ClN4O2/c1-13(2,3)20-12(19)17-9-10(14)15-8-16-11(9)18-6-4-5-7-18/h8H,4-7H2,1-3H3,(H,17,19). The zero-order chi connectivity index (χ0) is 14.8. The highest BCUT2D eigenvalue weighted by atomic mass is 35.5. The summed E-state index contributed by atoms with van der Waals surface area (Å²) < 4.78 is 5.23. The van der Waals surface area contributed by atoms with E-state index in [1.54, 1.807) is 20.8 Å². The summed E-state index contributed by atoms with van der Waals surface area (Å²) in [6.45, 7) is 7.21. The van der Waals surface area contributed by atoms with Crippen LogP contribution in [0.5, 0.6) is 0 Å². The average Bonchev–Trinajstić information content (AvgIpc) is 2.82. The van der Waals surface area contributed by atoms with Crippen molar-refractivity contribution in [3.8, 4) is 0 Å². The minimum absolute atomic E-state index is 0.216. The molecule has 2 heterocycles. The van der Waals surface area contributed by atoms with Gasteiger partial charge in [0.2, 0.25) is 0 Å². The molecule has 0 spiro atoms. The lowest BCUT2D eigenvalue weighted by Gasteiger charge is -2.23. The van der Waals surface area contributed by atoms with Gasteiger partial charge in [-0.25, -0.2) is 14.8 Å². The Morgan fingerprint density at radius 2 is 2.00 bits per heavy atom. The van der Waals surface area contributed by atoms with Gasteiger partial charge in [0, 0.05) is 13.1 Å². The lowest BCUT2D eigenvalue weighted by atomic mass is 10.2. The molecule has 1 aliphatic rings. The molecule has 1 aliphatic heterocycles. The van der Waals surface area contributed by atoms with Crippen LogP contribution in [0.4, 0.5) is 16.3 Å². The van der Waals surface area contributed by atoms with Gasteiger partial charge in [-0.15, -0.1) is 0 Å². The molecular weight excluding hydrogens is 280 g/mol. The van der Waals surface area contributed by atoms with Crippen molar-refractivity contribution < 1.29 is 9.53 Å². The number of hydrogen-bond donors (Lipinski definition) is 1. The van der Waals surface area contributed by atoms with Crippen LogP contribution in [0.15, 0.2) is 6.33 Å². The molecule has 0 radical (unpaired) electrons. The molecule has 0 aliphatic carbocycles. The molecule has 0 bridgehead atoms. The number of anilines is 2. The Kier molecular flexibility index (Phi) is 4.32. The fourth-order valence-corrected chi connectivity index (χ4v) is 2.21. The zero-order valence-electron chi connectivity index (χ0n) is 11.9. The Labute approximate surface area is 123 Å². The molecule has 110 valence electrons. The highest BCUT2D eigenvalue weighted by Gasteiger charge is 2.23. The molecule has 2 rings (SSSR count). The van der Waals surface area contributed by atoms with Gasteiger partial charge in [-0.05, 0) is 33.6 Å². The van der Waals surface area contributed by atoms with E-state index in [4.69, 9.17) is 16.3 Å². The third-order valence-corrected chi connectivity index (χ3v) is 3.10. The predicted octanol–water partition coefficient (Wildman–Crippen LogP) is 3.08. The summed E-state index contributed by atoms with van der Waals surface area (Å²) in [4.78, 5) is 22.1. The molecule has 1 N–H and O–H groups in total. The molecule has 0 unspecified atom stereocenters. The topological polar surface area (TPSA) is 67.3 Å². The van der Waals surface area contributed by atoms with Crippen molar-refractivity contribution in [1.29, 1.82) is 0 Å². The van der Waals surface area contributed by atoms with Crippen molar-refractivity contribution in [3.63, 3.8) is 0 Å². The SMILES string of the molecule is CC(C)(C)OC(=O)Nc1c(Cl)ncnc1N1CCCC1. The van der Waals surface area contributed by atoms with E-state index in [1.165, 1.54) is 6.33 Å². The van der Waals surface area contributed by atoms with Crippen LogP contribution >= 0.6 is 11.6 Å². The summed E-state index contributed by atoms with van der Waals surface area (Å²) >= 11 is 6.08. The van der Waals surface area contributed by atoms with E-state index in [1.807, 2.05) is 0 Å². The van der Waals surface area contributed by atoms with Crippen molar-refractivity contribution in [1.82, 2.24) is 9.97 Å². The number of nitrogens with one attached hydrogen (secondary N) is 1. The lowest BCUT2D eigenvalue weighted by molar-refractivity contribution is 0.0636. The van der Waals surface area contributed by atoms with Crippen LogP contribution in [0.1, 0.15) is 33.6 Å². The Bertz CT molecular complexity index is 496. The van der Waals surface area contributed by atoms with Gasteiger partial charge in [0.1, 0.15) is 17.6 Å². The second kappa shape index (κ2) is 5.83. The number of hydrogen-bond acceptors (Lipinski definition) is 5. The smallest absolute Gasteiger partial charge is 0.412 e. The second-order valence-corrected chi connectivity index (χ2v) is 6.04. The van der Waals surface area contributed by atoms with Crippen molar-refractivity contribution >= 4 is 29.2 Å². The summed E-state index contributed by atoms with van der Waals surface area (Å²) in [6.07, 6.45) is 3.05. The normalized spacial score (nSPS) is 15.3. The maximum atomic E-state index is 11.9. The predicted molar refractivity (Wildman–Crippen MR) is 78.3 cm³/mol. The van der Waals surface area contributed by atoms with E-state index in [0.29, 0.717) is 11.5 Å². The molecule has 7 heteroatoms. The molecular formula is C13H19ClN4O2. The number of ether oxygens (including phenoxy) is 1. The van der Waals surface area contributed by atoms with E-state index < -0.39 is 11.7 Å². The van der Waals surface area contributed by atoms with Crippen LogP contribution < -0.4 is 10.2 Å². The molecule has 6 nitrogen and oxygen atoms in total. The lowest BCUT2D eigenvalue weighted by Crippen LogP contribution is -2.29. The Hall–Kier alpha value is -1.56. The van der Waals surface area contributed by atoms with Crippen LogP contribution in [-0.2, 0) is 4.74 Å². The maximum absolute atomic E-state index is 11.9. The Balaban J connectivity index is 2.19. The van der Waals surface area contributed by atoms with Gasteiger partial charge in [0.15, 0.2) is 11.0 Å². The second-order valence-electron chi connectivity index (χ2n) is 5.68. The van der Waals surface area contributed by atoms with Gasteiger partial charge in [-0.1, -0.05) is 11.6 Å². The number of carbonyl (C=O) groups is 1. The molecule has 0 atom stereocenters. The fraction of sp³-hybridized carbons (Fsp3) is 0.615. The minimum atomic E-state index is -0.569. The van der Waals surface area contributed by atoms with E-state index in [-0.39, 0.29) is 5.15 Å². The average molecular weight is 299 g/mol. The highest BCUT2D eigenvalue weighted by molar-refractivity contribution is 6.33. The first-order valence-corrected chi connectivity index (χ1v) is 7.00. The summed E-state index contributed by atoms with van der Waals surface area (Å²) in [5.41, 5.74) is -0.162. The molecule has 1 saturated heterocycles. The van der Waals surface area contributed by atoms with Gasteiger partial charge in [0.05, 0.1) is 0 Å². The van der Waals surface area contributed by atoms with Gasteiger partial charge in [-0.3, -0.25) is 5.32 Å². The number of aromatic nitrogens is 2. The molecule has 1 aromatic rings. The van der Waals surface area contributed by atoms with Crippen LogP contribution in [0.25, 0.3) is 0 Å². The van der Waals surface area contributed by atoms with E-state index >= 15 is 0 Å². The third-order valence-electron chi connectivity index (χ3n) is 2.81. The quantitative estimate of drug-likeness (QED) is 0.850. The van der Waals surface area contributed by atoms with Crippen LogP contribution in [0.2, 0.25) is 5.15 Å². The molecule has 1 fully saturated rings. The number of rotatable bonds is 2. The zero-order valence-corrected chi connectivity index (χ0v) is 12.7. The van der Waals surface area contributed by atoms with Crippen molar-refractivity contribution in [2.45, 2.75) is 39.2 Å².